The Kier molecular flexibility index (Phi) is 5.31. The lowest BCUT2D eigenvalue weighted by Crippen LogP contribution is -2.38. The third-order valence-electron chi connectivity index (χ3n) is 4.92. The molecule has 1 aliphatic heterocycles. The number of ether oxygens (including phenoxy) is 1. The molecular formula is C24H23NO2. The molecule has 0 radical (unpaired) electrons. The first kappa shape index (κ1) is 17.5. The molecule has 3 aromatic rings. The van der Waals surface area contributed by atoms with Crippen LogP contribution in [0.3, 0.4) is 0 Å². The molecule has 1 aliphatic rings. The van der Waals surface area contributed by atoms with Crippen molar-refractivity contribution in [3.05, 3.63) is 90.5 Å². The number of amides is 1. The summed E-state index contributed by atoms with van der Waals surface area (Å²) in [5, 5.41) is 0. The summed E-state index contributed by atoms with van der Waals surface area (Å²) in [4.78, 5) is 15.1. The molecule has 1 saturated heterocycles. The molecule has 1 heterocycles. The summed E-state index contributed by atoms with van der Waals surface area (Å²) < 4.78 is 5.68. The van der Waals surface area contributed by atoms with Crippen LogP contribution in [0.5, 0.6) is 0 Å². The minimum absolute atomic E-state index is 0.0431. The predicted octanol–water partition coefficient (Wildman–Crippen LogP) is 5.07. The van der Waals surface area contributed by atoms with Crippen molar-refractivity contribution in [3.8, 4) is 11.1 Å². The van der Waals surface area contributed by atoms with Crippen LogP contribution < -0.4 is 4.90 Å². The summed E-state index contributed by atoms with van der Waals surface area (Å²) in [6.45, 7) is 1.21. The summed E-state index contributed by atoms with van der Waals surface area (Å²) in [5.41, 5.74) is 4.25. The Morgan fingerprint density at radius 1 is 0.889 bits per heavy atom. The van der Waals surface area contributed by atoms with Crippen LogP contribution in [-0.2, 0) is 16.1 Å². The maximum atomic E-state index is 13.2. The highest BCUT2D eigenvalue weighted by molar-refractivity contribution is 5.97. The fourth-order valence-electron chi connectivity index (χ4n) is 3.49. The van der Waals surface area contributed by atoms with Gasteiger partial charge in [-0.25, -0.2) is 0 Å². The normalized spacial score (nSPS) is 16.2. The Bertz CT molecular complexity index is 887. The molecule has 0 unspecified atom stereocenters. The molecule has 0 N–H and O–H groups in total. The standard InChI is InChI=1S/C24H23NO2/c26-24(23-15-8-16-27-23)25(18-19-9-3-1-4-10-19)22-14-7-13-21(17-22)20-11-5-2-6-12-20/h1-7,9-14,17,23H,8,15-16,18H2/t23-/m1/s1. The number of benzene rings is 3. The van der Waals surface area contributed by atoms with E-state index in [2.05, 4.69) is 36.4 Å². The Labute approximate surface area is 160 Å². The van der Waals surface area contributed by atoms with Crippen LogP contribution in [0.1, 0.15) is 18.4 Å². The van der Waals surface area contributed by atoms with Gasteiger partial charge in [-0.1, -0.05) is 72.8 Å². The summed E-state index contributed by atoms with van der Waals surface area (Å²) >= 11 is 0. The van der Waals surface area contributed by atoms with E-state index >= 15 is 0 Å². The zero-order valence-electron chi connectivity index (χ0n) is 15.3. The number of hydrogen-bond acceptors (Lipinski definition) is 2. The van der Waals surface area contributed by atoms with Crippen LogP contribution in [0.15, 0.2) is 84.9 Å². The second-order valence-corrected chi connectivity index (χ2v) is 6.83. The molecule has 0 aromatic heterocycles. The maximum absolute atomic E-state index is 13.2. The van der Waals surface area contributed by atoms with E-state index in [1.807, 2.05) is 53.4 Å². The second kappa shape index (κ2) is 8.19. The molecule has 1 fully saturated rings. The number of hydrogen-bond donors (Lipinski definition) is 0. The number of carbonyl (C=O) groups excluding carboxylic acids is 1. The maximum Gasteiger partial charge on any atom is 0.256 e. The number of carbonyl (C=O) groups is 1. The van der Waals surface area contributed by atoms with E-state index < -0.39 is 0 Å². The van der Waals surface area contributed by atoms with Crippen molar-refractivity contribution in [1.82, 2.24) is 0 Å². The van der Waals surface area contributed by atoms with Crippen molar-refractivity contribution in [3.63, 3.8) is 0 Å². The van der Waals surface area contributed by atoms with E-state index in [4.69, 9.17) is 4.74 Å². The number of nitrogens with zero attached hydrogens (tertiary/aromatic N) is 1. The molecule has 0 bridgehead atoms. The first-order valence-corrected chi connectivity index (χ1v) is 9.44. The fourth-order valence-corrected chi connectivity index (χ4v) is 3.49. The van der Waals surface area contributed by atoms with Gasteiger partial charge in [0.2, 0.25) is 0 Å². The monoisotopic (exact) mass is 357 g/mol. The van der Waals surface area contributed by atoms with Gasteiger partial charge in [-0.2, -0.15) is 0 Å². The fraction of sp³-hybridized carbons (Fsp3) is 0.208. The highest BCUT2D eigenvalue weighted by Crippen LogP contribution is 2.27. The Morgan fingerprint density at radius 3 is 2.30 bits per heavy atom. The van der Waals surface area contributed by atoms with Gasteiger partial charge in [-0.3, -0.25) is 4.79 Å². The molecule has 3 nitrogen and oxygen atoms in total. The van der Waals surface area contributed by atoms with E-state index in [0.717, 1.165) is 35.2 Å². The number of anilines is 1. The van der Waals surface area contributed by atoms with Crippen molar-refractivity contribution >= 4 is 11.6 Å². The molecule has 3 aromatic carbocycles. The van der Waals surface area contributed by atoms with Crippen LogP contribution in [-0.4, -0.2) is 18.6 Å². The Hall–Kier alpha value is -2.91. The quantitative estimate of drug-likeness (QED) is 0.638. The summed E-state index contributed by atoms with van der Waals surface area (Å²) in [5.74, 6) is 0.0431. The van der Waals surface area contributed by atoms with Gasteiger partial charge in [0.25, 0.3) is 5.91 Å². The first-order valence-electron chi connectivity index (χ1n) is 9.44. The lowest BCUT2D eigenvalue weighted by molar-refractivity contribution is -0.127. The van der Waals surface area contributed by atoms with Crippen LogP contribution in [0, 0.1) is 0 Å². The van der Waals surface area contributed by atoms with E-state index in [9.17, 15) is 4.79 Å². The third-order valence-corrected chi connectivity index (χ3v) is 4.92. The average molecular weight is 357 g/mol. The Morgan fingerprint density at radius 2 is 1.59 bits per heavy atom. The molecule has 27 heavy (non-hydrogen) atoms. The predicted molar refractivity (Wildman–Crippen MR) is 108 cm³/mol. The molecule has 1 amide bonds. The lowest BCUT2D eigenvalue weighted by Gasteiger charge is -2.26. The van der Waals surface area contributed by atoms with Gasteiger partial charge in [0.05, 0.1) is 6.54 Å². The molecule has 0 saturated carbocycles. The highest BCUT2D eigenvalue weighted by atomic mass is 16.5. The lowest BCUT2D eigenvalue weighted by atomic mass is 10.0. The molecule has 0 spiro atoms. The second-order valence-electron chi connectivity index (χ2n) is 6.83. The average Bonchev–Trinajstić information content (AvgIpc) is 3.28. The van der Waals surface area contributed by atoms with Crippen molar-refractivity contribution in [2.24, 2.45) is 0 Å². The zero-order chi connectivity index (χ0) is 18.5. The minimum atomic E-state index is -0.339. The highest BCUT2D eigenvalue weighted by Gasteiger charge is 2.29. The van der Waals surface area contributed by atoms with Crippen LogP contribution in [0.25, 0.3) is 11.1 Å². The van der Waals surface area contributed by atoms with Crippen LogP contribution in [0.4, 0.5) is 5.69 Å². The van der Waals surface area contributed by atoms with E-state index in [-0.39, 0.29) is 12.0 Å². The van der Waals surface area contributed by atoms with Crippen LogP contribution >= 0.6 is 0 Å². The van der Waals surface area contributed by atoms with Gasteiger partial charge in [0.15, 0.2) is 0 Å². The molecule has 3 heteroatoms. The minimum Gasteiger partial charge on any atom is -0.368 e. The van der Waals surface area contributed by atoms with Crippen molar-refractivity contribution in [1.29, 1.82) is 0 Å². The molecule has 0 aliphatic carbocycles. The first-order chi connectivity index (χ1) is 13.3. The molecule has 136 valence electrons. The van der Waals surface area contributed by atoms with Gasteiger partial charge >= 0.3 is 0 Å². The molecule has 1 atom stereocenters. The van der Waals surface area contributed by atoms with E-state index in [1.54, 1.807) is 0 Å². The topological polar surface area (TPSA) is 29.5 Å². The molecular weight excluding hydrogens is 334 g/mol. The van der Waals surface area contributed by atoms with Gasteiger partial charge in [-0.15, -0.1) is 0 Å². The van der Waals surface area contributed by atoms with E-state index in [0.29, 0.717) is 13.2 Å². The van der Waals surface area contributed by atoms with Gasteiger partial charge in [0, 0.05) is 12.3 Å². The summed E-state index contributed by atoms with van der Waals surface area (Å²) in [6, 6.07) is 28.5. The van der Waals surface area contributed by atoms with Crippen molar-refractivity contribution in [2.75, 3.05) is 11.5 Å². The van der Waals surface area contributed by atoms with Crippen LogP contribution in [0.2, 0.25) is 0 Å². The molecule has 4 rings (SSSR count). The largest absolute Gasteiger partial charge is 0.368 e. The zero-order valence-corrected chi connectivity index (χ0v) is 15.3. The smallest absolute Gasteiger partial charge is 0.256 e. The third kappa shape index (κ3) is 4.09. The van der Waals surface area contributed by atoms with Crippen molar-refractivity contribution in [2.45, 2.75) is 25.5 Å². The van der Waals surface area contributed by atoms with Gasteiger partial charge in [0.1, 0.15) is 6.10 Å². The SMILES string of the molecule is O=C([C@H]1CCCO1)N(Cc1ccccc1)c1cccc(-c2ccccc2)c1. The summed E-state index contributed by atoms with van der Waals surface area (Å²) in [7, 11) is 0. The number of rotatable bonds is 5. The van der Waals surface area contributed by atoms with E-state index in [1.165, 1.54) is 0 Å². The Balaban J connectivity index is 1.68. The summed E-state index contributed by atoms with van der Waals surface area (Å²) in [6.07, 6.45) is 1.40. The van der Waals surface area contributed by atoms with Gasteiger partial charge < -0.3 is 9.64 Å². The van der Waals surface area contributed by atoms with Gasteiger partial charge in [-0.05, 0) is 41.7 Å². The van der Waals surface area contributed by atoms with Crippen molar-refractivity contribution < 1.29 is 9.53 Å².